The Balaban J connectivity index is 2.31. The molecule has 1 aromatic rings. The molecular formula is C15H22BrFN2O. The van der Waals surface area contributed by atoms with Gasteiger partial charge in [-0.2, -0.15) is 0 Å². The highest BCUT2D eigenvalue weighted by atomic mass is 79.9. The second-order valence-electron chi connectivity index (χ2n) is 5.28. The number of nitrogens with two attached hydrogens (primary N) is 1. The van der Waals surface area contributed by atoms with Crippen molar-refractivity contribution in [1.82, 2.24) is 0 Å². The Bertz CT molecular complexity index is 450. The molecule has 0 saturated heterocycles. The minimum atomic E-state index is -0.271. The zero-order chi connectivity index (χ0) is 14.5. The van der Waals surface area contributed by atoms with E-state index < -0.39 is 0 Å². The molecule has 0 unspecified atom stereocenters. The van der Waals surface area contributed by atoms with Gasteiger partial charge in [0.05, 0.1) is 16.8 Å². The average Bonchev–Trinajstić information content (AvgIpc) is 2.49. The fourth-order valence-corrected chi connectivity index (χ4v) is 3.46. The van der Waals surface area contributed by atoms with Gasteiger partial charge in [-0.25, -0.2) is 4.39 Å². The molecule has 1 aliphatic rings. The summed E-state index contributed by atoms with van der Waals surface area (Å²) in [4.78, 5) is 2.01. The number of benzene rings is 1. The maximum Gasteiger partial charge on any atom is 0.160 e. The molecule has 0 heterocycles. The first-order valence-electron chi connectivity index (χ1n) is 7.23. The number of aliphatic hydroxyl groups is 1. The summed E-state index contributed by atoms with van der Waals surface area (Å²) >= 11 is 3.29. The van der Waals surface area contributed by atoms with Gasteiger partial charge in [-0.05, 0) is 40.4 Å². The zero-order valence-corrected chi connectivity index (χ0v) is 13.2. The predicted molar refractivity (Wildman–Crippen MR) is 83.3 cm³/mol. The normalized spacial score (nSPS) is 16.4. The zero-order valence-electron chi connectivity index (χ0n) is 11.6. The minimum Gasteiger partial charge on any atom is -0.395 e. The Morgan fingerprint density at radius 1 is 1.30 bits per heavy atom. The summed E-state index contributed by atoms with van der Waals surface area (Å²) in [5.41, 5.74) is 6.92. The van der Waals surface area contributed by atoms with Crippen LogP contribution in [0, 0.1) is 5.82 Å². The predicted octanol–water partition coefficient (Wildman–Crippen LogP) is 3.18. The van der Waals surface area contributed by atoms with Crippen LogP contribution in [0.1, 0.15) is 37.7 Å². The molecule has 2 rings (SSSR count). The maximum atomic E-state index is 14.6. The quantitative estimate of drug-likeness (QED) is 0.862. The molecule has 1 aliphatic carbocycles. The van der Waals surface area contributed by atoms with E-state index >= 15 is 0 Å². The van der Waals surface area contributed by atoms with Crippen molar-refractivity contribution in [2.45, 2.75) is 44.7 Å². The molecule has 1 fully saturated rings. The highest BCUT2D eigenvalue weighted by Crippen LogP contribution is 2.33. The van der Waals surface area contributed by atoms with E-state index in [2.05, 4.69) is 15.9 Å². The van der Waals surface area contributed by atoms with Crippen LogP contribution < -0.4 is 10.6 Å². The molecule has 3 nitrogen and oxygen atoms in total. The molecule has 0 amide bonds. The van der Waals surface area contributed by atoms with Crippen molar-refractivity contribution in [1.29, 1.82) is 0 Å². The van der Waals surface area contributed by atoms with E-state index in [9.17, 15) is 9.50 Å². The van der Waals surface area contributed by atoms with E-state index in [1.807, 2.05) is 11.0 Å². The summed E-state index contributed by atoms with van der Waals surface area (Å²) in [6.07, 6.45) is 5.74. The third-order valence-corrected chi connectivity index (χ3v) is 4.89. The number of rotatable bonds is 5. The number of halogens is 2. The van der Waals surface area contributed by atoms with Gasteiger partial charge in [-0.3, -0.25) is 0 Å². The van der Waals surface area contributed by atoms with Crippen LogP contribution >= 0.6 is 15.9 Å². The molecule has 0 aliphatic heterocycles. The number of aliphatic hydroxyl groups excluding tert-OH is 1. The summed E-state index contributed by atoms with van der Waals surface area (Å²) < 4.78 is 15.0. The fraction of sp³-hybridized carbons (Fsp3) is 0.600. The van der Waals surface area contributed by atoms with Gasteiger partial charge in [0.2, 0.25) is 0 Å². The lowest BCUT2D eigenvalue weighted by Gasteiger charge is -2.36. The van der Waals surface area contributed by atoms with Crippen LogP contribution in [-0.2, 0) is 6.54 Å². The van der Waals surface area contributed by atoms with Crippen molar-refractivity contribution in [2.24, 2.45) is 5.73 Å². The first kappa shape index (κ1) is 15.7. The summed E-state index contributed by atoms with van der Waals surface area (Å²) in [6, 6.07) is 3.96. The van der Waals surface area contributed by atoms with Gasteiger partial charge < -0.3 is 15.7 Å². The number of hydrogen-bond acceptors (Lipinski definition) is 3. The Labute approximate surface area is 128 Å². The van der Waals surface area contributed by atoms with Crippen LogP contribution in [0.2, 0.25) is 0 Å². The summed E-state index contributed by atoms with van der Waals surface area (Å²) in [7, 11) is 0. The highest BCUT2D eigenvalue weighted by molar-refractivity contribution is 9.10. The van der Waals surface area contributed by atoms with E-state index in [1.165, 1.54) is 19.3 Å². The van der Waals surface area contributed by atoms with E-state index in [0.29, 0.717) is 29.3 Å². The van der Waals surface area contributed by atoms with E-state index in [4.69, 9.17) is 5.73 Å². The van der Waals surface area contributed by atoms with Crippen LogP contribution in [0.15, 0.2) is 16.6 Å². The Morgan fingerprint density at radius 2 is 2.00 bits per heavy atom. The molecule has 0 radical (unpaired) electrons. The Hall–Kier alpha value is -0.650. The van der Waals surface area contributed by atoms with Gasteiger partial charge >= 0.3 is 0 Å². The van der Waals surface area contributed by atoms with Gasteiger partial charge in [-0.1, -0.05) is 25.3 Å². The summed E-state index contributed by atoms with van der Waals surface area (Å²) in [5.74, 6) is -0.271. The second-order valence-corrected chi connectivity index (χ2v) is 6.08. The molecular weight excluding hydrogens is 323 g/mol. The standard InChI is InChI=1S/C15H22BrFN2O/c16-14-11(10-18)6-7-13(15(14)17)19(8-9-20)12-4-2-1-3-5-12/h6-7,12,20H,1-5,8-10,18H2. The fourth-order valence-electron chi connectivity index (χ4n) is 2.96. The molecule has 5 heteroatoms. The van der Waals surface area contributed by atoms with Gasteiger partial charge in [0.1, 0.15) is 0 Å². The monoisotopic (exact) mass is 344 g/mol. The highest BCUT2D eigenvalue weighted by Gasteiger charge is 2.24. The number of hydrogen-bond donors (Lipinski definition) is 2. The number of anilines is 1. The summed E-state index contributed by atoms with van der Waals surface area (Å²) in [5, 5.41) is 9.29. The molecule has 112 valence electrons. The second kappa shape index (κ2) is 7.38. The molecule has 0 atom stereocenters. The lowest BCUT2D eigenvalue weighted by Crippen LogP contribution is -2.39. The van der Waals surface area contributed by atoms with Crippen molar-refractivity contribution in [3.05, 3.63) is 28.0 Å². The SMILES string of the molecule is NCc1ccc(N(CCO)C2CCCCC2)c(F)c1Br. The molecule has 0 spiro atoms. The van der Waals surface area contributed by atoms with Gasteiger partial charge in [-0.15, -0.1) is 0 Å². The van der Waals surface area contributed by atoms with Crippen LogP contribution in [0.25, 0.3) is 0 Å². The first-order chi connectivity index (χ1) is 9.69. The molecule has 20 heavy (non-hydrogen) atoms. The Morgan fingerprint density at radius 3 is 2.60 bits per heavy atom. The van der Waals surface area contributed by atoms with E-state index in [1.54, 1.807) is 6.07 Å². The smallest absolute Gasteiger partial charge is 0.160 e. The average molecular weight is 345 g/mol. The third-order valence-electron chi connectivity index (χ3n) is 4.03. The lowest BCUT2D eigenvalue weighted by atomic mass is 9.93. The van der Waals surface area contributed by atoms with Gasteiger partial charge in [0.15, 0.2) is 5.82 Å². The summed E-state index contributed by atoms with van der Waals surface area (Å²) in [6.45, 7) is 0.809. The third kappa shape index (κ3) is 3.32. The first-order valence-corrected chi connectivity index (χ1v) is 8.02. The molecule has 1 saturated carbocycles. The molecule has 1 aromatic carbocycles. The maximum absolute atomic E-state index is 14.6. The Kier molecular flexibility index (Phi) is 5.81. The molecule has 0 bridgehead atoms. The topological polar surface area (TPSA) is 49.5 Å². The van der Waals surface area contributed by atoms with Crippen LogP contribution in [0.4, 0.5) is 10.1 Å². The van der Waals surface area contributed by atoms with Gasteiger partial charge in [0.25, 0.3) is 0 Å². The van der Waals surface area contributed by atoms with Crippen LogP contribution in [-0.4, -0.2) is 24.3 Å². The molecule has 3 N–H and O–H groups in total. The van der Waals surface area contributed by atoms with Crippen molar-refractivity contribution >= 4 is 21.6 Å². The minimum absolute atomic E-state index is 0.0339. The van der Waals surface area contributed by atoms with Crippen LogP contribution in [0.3, 0.4) is 0 Å². The van der Waals surface area contributed by atoms with Crippen molar-refractivity contribution in [3.63, 3.8) is 0 Å². The van der Waals surface area contributed by atoms with Crippen molar-refractivity contribution < 1.29 is 9.50 Å². The van der Waals surface area contributed by atoms with Gasteiger partial charge in [0, 0.05) is 19.1 Å². The lowest BCUT2D eigenvalue weighted by molar-refractivity contribution is 0.289. The van der Waals surface area contributed by atoms with Crippen LogP contribution in [0.5, 0.6) is 0 Å². The van der Waals surface area contributed by atoms with Crippen molar-refractivity contribution in [2.75, 3.05) is 18.1 Å². The van der Waals surface area contributed by atoms with E-state index in [0.717, 1.165) is 18.4 Å². The number of nitrogens with zero attached hydrogens (tertiary/aromatic N) is 1. The largest absolute Gasteiger partial charge is 0.395 e. The van der Waals surface area contributed by atoms with Crippen molar-refractivity contribution in [3.8, 4) is 0 Å². The van der Waals surface area contributed by atoms with E-state index in [-0.39, 0.29) is 12.4 Å². The molecule has 0 aromatic heterocycles.